The largest absolute Gasteiger partial charge is 0.452 e. The molecule has 14 heavy (non-hydrogen) atoms. The molecular weight excluding hydrogens is 242 g/mol. The van der Waals surface area contributed by atoms with E-state index in [1.807, 2.05) is 13.1 Å². The molecular formula is C11H16BrNO. The van der Waals surface area contributed by atoms with Crippen molar-refractivity contribution in [2.45, 2.75) is 37.6 Å². The Kier molecular flexibility index (Phi) is 2.98. The highest BCUT2D eigenvalue weighted by Gasteiger charge is 2.34. The van der Waals surface area contributed by atoms with E-state index in [2.05, 4.69) is 27.3 Å². The van der Waals surface area contributed by atoms with Gasteiger partial charge in [0, 0.05) is 0 Å². The zero-order chi connectivity index (χ0) is 10.0. The van der Waals surface area contributed by atoms with Gasteiger partial charge in [-0.15, -0.1) is 0 Å². The molecule has 1 aromatic heterocycles. The first-order valence-electron chi connectivity index (χ1n) is 5.22. The fraction of sp³-hybridized carbons (Fsp3) is 0.636. The molecule has 78 valence electrons. The Bertz CT molecular complexity index is 302. The Morgan fingerprint density at radius 2 is 2.00 bits per heavy atom. The molecule has 1 aliphatic rings. The van der Waals surface area contributed by atoms with Crippen LogP contribution in [0.5, 0.6) is 0 Å². The fourth-order valence-corrected chi connectivity index (χ4v) is 2.65. The van der Waals surface area contributed by atoms with Gasteiger partial charge in [-0.2, -0.15) is 0 Å². The zero-order valence-electron chi connectivity index (χ0n) is 8.48. The topological polar surface area (TPSA) is 25.2 Å². The summed E-state index contributed by atoms with van der Waals surface area (Å²) in [6.07, 6.45) is 6.30. The summed E-state index contributed by atoms with van der Waals surface area (Å²) < 4.78 is 6.50. The summed E-state index contributed by atoms with van der Waals surface area (Å²) in [4.78, 5) is 0. The van der Waals surface area contributed by atoms with Crippen LogP contribution in [0.25, 0.3) is 0 Å². The van der Waals surface area contributed by atoms with Crippen LogP contribution in [0.1, 0.15) is 37.9 Å². The molecule has 1 fully saturated rings. The lowest BCUT2D eigenvalue weighted by atomic mass is 9.80. The van der Waals surface area contributed by atoms with Gasteiger partial charge in [-0.3, -0.25) is 0 Å². The number of furan rings is 1. The van der Waals surface area contributed by atoms with Crippen LogP contribution in [0.15, 0.2) is 21.2 Å². The minimum absolute atomic E-state index is 0.0876. The van der Waals surface area contributed by atoms with E-state index in [1.54, 1.807) is 0 Å². The summed E-state index contributed by atoms with van der Waals surface area (Å²) in [5, 5.41) is 3.43. The summed E-state index contributed by atoms with van der Waals surface area (Å²) >= 11 is 3.36. The predicted molar refractivity (Wildman–Crippen MR) is 60.2 cm³/mol. The molecule has 2 nitrogen and oxygen atoms in total. The molecule has 0 bridgehead atoms. The second kappa shape index (κ2) is 4.07. The molecule has 0 amide bonds. The van der Waals surface area contributed by atoms with E-state index in [-0.39, 0.29) is 5.54 Å². The maximum atomic E-state index is 5.67. The van der Waals surface area contributed by atoms with E-state index in [0.717, 1.165) is 10.4 Å². The molecule has 1 aliphatic carbocycles. The predicted octanol–water partition coefficient (Wildman–Crippen LogP) is 3.42. The molecule has 1 heterocycles. The van der Waals surface area contributed by atoms with Crippen molar-refractivity contribution in [1.29, 1.82) is 0 Å². The number of halogens is 1. The normalized spacial score (nSPS) is 21.0. The van der Waals surface area contributed by atoms with Crippen molar-refractivity contribution in [2.75, 3.05) is 7.05 Å². The van der Waals surface area contributed by atoms with Gasteiger partial charge in [-0.1, -0.05) is 19.3 Å². The van der Waals surface area contributed by atoms with Crippen LogP contribution in [0.3, 0.4) is 0 Å². The average Bonchev–Trinajstić information content (AvgIpc) is 2.66. The molecule has 1 aromatic rings. The smallest absolute Gasteiger partial charge is 0.169 e. The third-order valence-corrected chi connectivity index (χ3v) is 3.66. The molecule has 0 aromatic carbocycles. The highest BCUT2D eigenvalue weighted by atomic mass is 79.9. The van der Waals surface area contributed by atoms with Gasteiger partial charge in [-0.25, -0.2) is 0 Å². The highest BCUT2D eigenvalue weighted by Crippen LogP contribution is 2.38. The number of hydrogen-bond donors (Lipinski definition) is 1. The molecule has 2 rings (SSSR count). The lowest BCUT2D eigenvalue weighted by molar-refractivity contribution is 0.205. The third kappa shape index (κ3) is 1.75. The summed E-state index contributed by atoms with van der Waals surface area (Å²) in [6, 6.07) is 4.05. The van der Waals surface area contributed by atoms with Crippen molar-refractivity contribution in [3.8, 4) is 0 Å². The van der Waals surface area contributed by atoms with Gasteiger partial charge in [0.05, 0.1) is 5.54 Å². The minimum atomic E-state index is 0.0876. The Morgan fingerprint density at radius 3 is 2.50 bits per heavy atom. The molecule has 0 aliphatic heterocycles. The summed E-state index contributed by atoms with van der Waals surface area (Å²) in [5.74, 6) is 1.08. The van der Waals surface area contributed by atoms with Crippen LogP contribution in [0, 0.1) is 0 Å². The van der Waals surface area contributed by atoms with Crippen LogP contribution in [-0.2, 0) is 5.54 Å². The van der Waals surface area contributed by atoms with Crippen molar-refractivity contribution >= 4 is 15.9 Å². The minimum Gasteiger partial charge on any atom is -0.452 e. The highest BCUT2D eigenvalue weighted by molar-refractivity contribution is 9.10. The van der Waals surface area contributed by atoms with Gasteiger partial charge < -0.3 is 9.73 Å². The molecule has 0 spiro atoms. The first-order valence-corrected chi connectivity index (χ1v) is 6.01. The quantitative estimate of drug-likeness (QED) is 0.879. The second-order valence-electron chi connectivity index (χ2n) is 4.00. The molecule has 0 unspecified atom stereocenters. The van der Waals surface area contributed by atoms with E-state index in [0.29, 0.717) is 0 Å². The Morgan fingerprint density at radius 1 is 1.29 bits per heavy atom. The summed E-state index contributed by atoms with van der Waals surface area (Å²) in [7, 11) is 2.03. The number of nitrogens with one attached hydrogen (secondary N) is 1. The van der Waals surface area contributed by atoms with Crippen molar-refractivity contribution in [3.63, 3.8) is 0 Å². The Balaban J connectivity index is 2.26. The lowest BCUT2D eigenvalue weighted by Gasteiger charge is -2.35. The molecule has 0 saturated heterocycles. The van der Waals surface area contributed by atoms with Gasteiger partial charge in [0.1, 0.15) is 5.76 Å². The molecule has 3 heteroatoms. The van der Waals surface area contributed by atoms with Gasteiger partial charge in [-0.05, 0) is 48.0 Å². The summed E-state index contributed by atoms with van der Waals surface area (Å²) in [5.41, 5.74) is 0.0876. The van der Waals surface area contributed by atoms with E-state index >= 15 is 0 Å². The maximum Gasteiger partial charge on any atom is 0.169 e. The van der Waals surface area contributed by atoms with E-state index < -0.39 is 0 Å². The van der Waals surface area contributed by atoms with Crippen LogP contribution < -0.4 is 5.32 Å². The maximum absolute atomic E-state index is 5.67. The summed E-state index contributed by atoms with van der Waals surface area (Å²) in [6.45, 7) is 0. The van der Waals surface area contributed by atoms with Crippen molar-refractivity contribution in [3.05, 3.63) is 22.6 Å². The fourth-order valence-electron chi connectivity index (χ4n) is 2.35. The van der Waals surface area contributed by atoms with E-state index in [4.69, 9.17) is 4.42 Å². The average molecular weight is 258 g/mol. The van der Waals surface area contributed by atoms with Crippen LogP contribution in [-0.4, -0.2) is 7.05 Å². The van der Waals surface area contributed by atoms with Crippen LogP contribution in [0.2, 0.25) is 0 Å². The SMILES string of the molecule is CNC1(c2ccc(Br)o2)CCCCC1. The monoisotopic (exact) mass is 257 g/mol. The van der Waals surface area contributed by atoms with E-state index in [9.17, 15) is 0 Å². The molecule has 1 N–H and O–H groups in total. The van der Waals surface area contributed by atoms with Gasteiger partial charge in [0.25, 0.3) is 0 Å². The first kappa shape index (κ1) is 10.2. The molecule has 1 saturated carbocycles. The molecule has 0 radical (unpaired) electrons. The number of hydrogen-bond acceptors (Lipinski definition) is 2. The first-order chi connectivity index (χ1) is 6.77. The third-order valence-electron chi connectivity index (χ3n) is 3.23. The van der Waals surface area contributed by atoms with Crippen molar-refractivity contribution < 1.29 is 4.42 Å². The zero-order valence-corrected chi connectivity index (χ0v) is 10.1. The number of rotatable bonds is 2. The van der Waals surface area contributed by atoms with Gasteiger partial charge in [0.15, 0.2) is 4.67 Å². The van der Waals surface area contributed by atoms with Gasteiger partial charge in [0.2, 0.25) is 0 Å². The van der Waals surface area contributed by atoms with Gasteiger partial charge >= 0.3 is 0 Å². The second-order valence-corrected chi connectivity index (χ2v) is 4.78. The van der Waals surface area contributed by atoms with Crippen LogP contribution in [0.4, 0.5) is 0 Å². The van der Waals surface area contributed by atoms with Crippen molar-refractivity contribution in [1.82, 2.24) is 5.32 Å². The van der Waals surface area contributed by atoms with Crippen LogP contribution >= 0.6 is 15.9 Å². The standard InChI is InChI=1S/C11H16BrNO/c1-13-11(7-3-2-4-8-11)9-5-6-10(12)14-9/h5-6,13H,2-4,7-8H2,1H3. The van der Waals surface area contributed by atoms with E-state index in [1.165, 1.54) is 32.1 Å². The molecule has 0 atom stereocenters. The Labute approximate surface area is 93.2 Å². The lowest BCUT2D eigenvalue weighted by Crippen LogP contribution is -2.41. The van der Waals surface area contributed by atoms with Crippen molar-refractivity contribution in [2.24, 2.45) is 0 Å². The Hall–Kier alpha value is -0.280.